The average Bonchev–Trinajstić information content (AvgIpc) is 3.47. The first-order chi connectivity index (χ1) is 13.2. The van der Waals surface area contributed by atoms with E-state index < -0.39 is 5.41 Å². The molecule has 2 rings (SSSR count). The smallest absolute Gasteiger partial charge is 0.317 e. The number of benzene rings is 1. The van der Waals surface area contributed by atoms with Crippen LogP contribution in [0.15, 0.2) is 40.5 Å². The largest absolute Gasteiger partial charge is 0.465 e. The number of carbonyl (C=O) groups is 1. The van der Waals surface area contributed by atoms with Crippen molar-refractivity contribution in [3.63, 3.8) is 0 Å². The number of alkyl halides is 1. The molecule has 1 fully saturated rings. The minimum Gasteiger partial charge on any atom is -0.465 e. The lowest BCUT2D eigenvalue weighted by molar-refractivity contribution is -0.151. The van der Waals surface area contributed by atoms with Crippen LogP contribution in [0.5, 0.6) is 0 Å². The molecule has 0 aromatic heterocycles. The standard InChI is InChI=1S/C19H26IN5O2/c1-2-27-18(26)19(10-6-7-12-20,11-13-22-24-21)15-23-25-14-17(25)16-8-4-3-5-9-16/h3-5,8-9,15,17H,2,6-7,10-14H2,1H3/b23-15+. The van der Waals surface area contributed by atoms with Crippen molar-refractivity contribution in [2.75, 3.05) is 24.1 Å². The van der Waals surface area contributed by atoms with Gasteiger partial charge in [-0.3, -0.25) is 9.80 Å². The highest BCUT2D eigenvalue weighted by Crippen LogP contribution is 2.36. The summed E-state index contributed by atoms with van der Waals surface area (Å²) in [5.74, 6) is -0.284. The number of unbranched alkanes of at least 4 members (excludes halogenated alkanes) is 1. The lowest BCUT2D eigenvalue weighted by Gasteiger charge is -2.27. The molecule has 0 saturated carbocycles. The fourth-order valence-corrected chi connectivity index (χ4v) is 3.55. The Morgan fingerprint density at radius 2 is 2.19 bits per heavy atom. The molecule has 2 atom stereocenters. The van der Waals surface area contributed by atoms with Crippen LogP contribution in [-0.4, -0.2) is 41.3 Å². The average molecular weight is 483 g/mol. The molecular formula is C19H26IN5O2. The number of ether oxygens (including phenoxy) is 1. The van der Waals surface area contributed by atoms with Crippen LogP contribution in [0.4, 0.5) is 0 Å². The van der Waals surface area contributed by atoms with E-state index >= 15 is 0 Å². The molecule has 0 bridgehead atoms. The van der Waals surface area contributed by atoms with Crippen LogP contribution in [0, 0.1) is 5.41 Å². The molecule has 0 amide bonds. The van der Waals surface area contributed by atoms with Gasteiger partial charge in [0.2, 0.25) is 0 Å². The molecule has 1 aliphatic heterocycles. The number of carbonyl (C=O) groups excluding carboxylic acids is 1. The van der Waals surface area contributed by atoms with Crippen LogP contribution in [0.2, 0.25) is 0 Å². The summed E-state index contributed by atoms with van der Waals surface area (Å²) in [6.07, 6.45) is 4.70. The molecule has 1 aromatic carbocycles. The zero-order valence-electron chi connectivity index (χ0n) is 15.6. The third-order valence-corrected chi connectivity index (χ3v) is 5.40. The normalized spacial score (nSPS) is 18.0. The van der Waals surface area contributed by atoms with Gasteiger partial charge in [-0.1, -0.05) is 64.5 Å². The minimum atomic E-state index is -0.847. The molecule has 27 heavy (non-hydrogen) atoms. The Kier molecular flexibility index (Phi) is 8.87. The van der Waals surface area contributed by atoms with Crippen molar-refractivity contribution in [1.82, 2.24) is 5.01 Å². The fourth-order valence-electron chi connectivity index (χ4n) is 3.01. The van der Waals surface area contributed by atoms with Crippen LogP contribution in [0.3, 0.4) is 0 Å². The van der Waals surface area contributed by atoms with E-state index in [9.17, 15) is 4.79 Å². The van der Waals surface area contributed by atoms with E-state index in [1.165, 1.54) is 5.56 Å². The summed E-state index contributed by atoms with van der Waals surface area (Å²) in [7, 11) is 0. The molecule has 1 aromatic rings. The molecule has 0 radical (unpaired) electrons. The summed E-state index contributed by atoms with van der Waals surface area (Å²) in [6, 6.07) is 10.5. The highest BCUT2D eigenvalue weighted by atomic mass is 127. The third-order valence-electron chi connectivity index (χ3n) is 4.63. The molecule has 146 valence electrons. The maximum atomic E-state index is 12.8. The summed E-state index contributed by atoms with van der Waals surface area (Å²) >= 11 is 2.33. The summed E-state index contributed by atoms with van der Waals surface area (Å²) in [5, 5.41) is 10.2. The molecule has 0 spiro atoms. The topological polar surface area (TPSA) is 90.4 Å². The number of rotatable bonds is 12. The number of hydrazone groups is 1. The van der Waals surface area contributed by atoms with Crippen molar-refractivity contribution in [3.8, 4) is 0 Å². The van der Waals surface area contributed by atoms with Gasteiger partial charge in [0, 0.05) is 17.7 Å². The van der Waals surface area contributed by atoms with Crippen LogP contribution in [-0.2, 0) is 9.53 Å². The van der Waals surface area contributed by atoms with Gasteiger partial charge in [-0.25, -0.2) is 0 Å². The Balaban J connectivity index is 2.15. The van der Waals surface area contributed by atoms with Crippen LogP contribution in [0.25, 0.3) is 10.4 Å². The monoisotopic (exact) mass is 483 g/mol. The zero-order valence-corrected chi connectivity index (χ0v) is 17.8. The first-order valence-corrected chi connectivity index (χ1v) is 10.8. The number of azide groups is 1. The van der Waals surface area contributed by atoms with Crippen molar-refractivity contribution in [1.29, 1.82) is 0 Å². The van der Waals surface area contributed by atoms with E-state index in [-0.39, 0.29) is 18.6 Å². The van der Waals surface area contributed by atoms with Gasteiger partial charge >= 0.3 is 5.97 Å². The van der Waals surface area contributed by atoms with Gasteiger partial charge in [0.05, 0.1) is 19.2 Å². The van der Waals surface area contributed by atoms with Gasteiger partial charge in [-0.15, -0.1) is 0 Å². The van der Waals surface area contributed by atoms with Crippen molar-refractivity contribution in [2.24, 2.45) is 15.6 Å². The van der Waals surface area contributed by atoms with Crippen molar-refractivity contribution in [3.05, 3.63) is 46.3 Å². The lowest BCUT2D eigenvalue weighted by Crippen LogP contribution is -2.36. The van der Waals surface area contributed by atoms with Crippen LogP contribution in [0.1, 0.15) is 44.2 Å². The fraction of sp³-hybridized carbons (Fsp3) is 0.579. The first-order valence-electron chi connectivity index (χ1n) is 9.27. The van der Waals surface area contributed by atoms with Gasteiger partial charge in [0.1, 0.15) is 5.41 Å². The van der Waals surface area contributed by atoms with Crippen molar-refractivity contribution in [2.45, 2.75) is 38.6 Å². The second-order valence-corrected chi connectivity index (χ2v) is 7.60. The number of esters is 1. The van der Waals surface area contributed by atoms with Crippen LogP contribution >= 0.6 is 22.6 Å². The quantitative estimate of drug-likeness (QED) is 0.0488. The van der Waals surface area contributed by atoms with E-state index in [0.717, 1.165) is 23.8 Å². The number of hydrogen-bond donors (Lipinski definition) is 0. The van der Waals surface area contributed by atoms with E-state index in [4.69, 9.17) is 10.3 Å². The van der Waals surface area contributed by atoms with Crippen LogP contribution < -0.4 is 0 Å². The van der Waals surface area contributed by atoms with Gasteiger partial charge < -0.3 is 4.74 Å². The zero-order chi connectivity index (χ0) is 19.5. The van der Waals surface area contributed by atoms with E-state index in [0.29, 0.717) is 19.4 Å². The Hall–Kier alpha value is -1.80. The Morgan fingerprint density at radius 3 is 2.85 bits per heavy atom. The highest BCUT2D eigenvalue weighted by molar-refractivity contribution is 14.1. The van der Waals surface area contributed by atoms with Gasteiger partial charge in [-0.2, -0.15) is 5.10 Å². The Labute approximate surface area is 173 Å². The molecule has 2 unspecified atom stereocenters. The van der Waals surface area contributed by atoms with E-state index in [2.05, 4.69) is 49.9 Å². The molecule has 1 aliphatic rings. The molecule has 7 nitrogen and oxygen atoms in total. The predicted octanol–water partition coefficient (Wildman–Crippen LogP) is 4.88. The van der Waals surface area contributed by atoms with Gasteiger partial charge in [-0.05, 0) is 41.7 Å². The predicted molar refractivity (Wildman–Crippen MR) is 115 cm³/mol. The number of hydrogen-bond acceptors (Lipinski definition) is 5. The van der Waals surface area contributed by atoms with Gasteiger partial charge in [0.25, 0.3) is 0 Å². The molecule has 0 aliphatic carbocycles. The molecule has 0 N–H and O–H groups in total. The van der Waals surface area contributed by atoms with E-state index in [1.807, 2.05) is 23.2 Å². The molecule has 1 saturated heterocycles. The Morgan fingerprint density at radius 1 is 1.41 bits per heavy atom. The number of halogens is 1. The summed E-state index contributed by atoms with van der Waals surface area (Å²) < 4.78 is 6.38. The highest BCUT2D eigenvalue weighted by Gasteiger charge is 2.40. The minimum absolute atomic E-state index is 0.244. The first kappa shape index (κ1) is 21.5. The number of nitrogens with zero attached hydrogens (tertiary/aromatic N) is 5. The summed E-state index contributed by atoms with van der Waals surface area (Å²) in [5.41, 5.74) is 8.98. The van der Waals surface area contributed by atoms with Gasteiger partial charge in [0.15, 0.2) is 0 Å². The van der Waals surface area contributed by atoms with E-state index in [1.54, 1.807) is 13.1 Å². The molecule has 8 heteroatoms. The van der Waals surface area contributed by atoms with Crippen molar-refractivity contribution >= 4 is 34.8 Å². The summed E-state index contributed by atoms with van der Waals surface area (Å²) in [4.78, 5) is 15.6. The molecule has 1 heterocycles. The Bertz CT molecular complexity index is 678. The molecular weight excluding hydrogens is 457 g/mol. The maximum Gasteiger partial charge on any atom is 0.317 e. The second kappa shape index (κ2) is 11.1. The third kappa shape index (κ3) is 6.39. The SMILES string of the molecule is CCOC(=O)C(/C=N/N1CC1c1ccccc1)(CCCCI)CCN=[N+]=[N-]. The maximum absolute atomic E-state index is 12.8. The lowest BCUT2D eigenvalue weighted by atomic mass is 9.80. The second-order valence-electron chi connectivity index (χ2n) is 6.52. The van der Waals surface area contributed by atoms with Crippen molar-refractivity contribution < 1.29 is 9.53 Å². The summed E-state index contributed by atoms with van der Waals surface area (Å²) in [6.45, 7) is 3.20.